The predicted molar refractivity (Wildman–Crippen MR) is 88.7 cm³/mol. The van der Waals surface area contributed by atoms with Crippen molar-refractivity contribution in [2.45, 2.75) is 19.8 Å². The Labute approximate surface area is 129 Å². The van der Waals surface area contributed by atoms with Gasteiger partial charge in [-0.15, -0.1) is 0 Å². The summed E-state index contributed by atoms with van der Waals surface area (Å²) in [7, 11) is 1.65. The van der Waals surface area contributed by atoms with E-state index in [-0.39, 0.29) is 5.91 Å². The minimum atomic E-state index is -0.0164. The molecule has 4 nitrogen and oxygen atoms in total. The van der Waals surface area contributed by atoms with Gasteiger partial charge in [-0.25, -0.2) is 0 Å². The Hall–Kier alpha value is -2.49. The number of benzene rings is 1. The standard InChI is InChI=1S/C18H20N2O2/c1-3-4-10-19-18(21)17-14-9-8-13(22-2)12-16(14)20-11-6-5-7-15(17)20/h5-9,11-12H,3-4,10H2,1-2H3,(H,19,21). The number of methoxy groups -OCH3 is 1. The number of fused-ring (bicyclic) bond motifs is 3. The normalized spacial score (nSPS) is 11.0. The lowest BCUT2D eigenvalue weighted by molar-refractivity contribution is 0.0956. The van der Waals surface area contributed by atoms with Gasteiger partial charge in [0.2, 0.25) is 0 Å². The molecule has 22 heavy (non-hydrogen) atoms. The predicted octanol–water partition coefficient (Wildman–Crippen LogP) is 3.63. The summed E-state index contributed by atoms with van der Waals surface area (Å²) in [4.78, 5) is 12.6. The second-order valence-electron chi connectivity index (χ2n) is 5.32. The summed E-state index contributed by atoms with van der Waals surface area (Å²) in [5.74, 6) is 0.769. The molecule has 0 atom stereocenters. The molecule has 0 spiro atoms. The van der Waals surface area contributed by atoms with Crippen molar-refractivity contribution in [2.24, 2.45) is 0 Å². The molecule has 0 fully saturated rings. The van der Waals surface area contributed by atoms with E-state index in [1.807, 2.05) is 47.0 Å². The van der Waals surface area contributed by atoms with E-state index in [0.717, 1.165) is 40.6 Å². The second-order valence-corrected chi connectivity index (χ2v) is 5.32. The zero-order valence-electron chi connectivity index (χ0n) is 12.9. The Morgan fingerprint density at radius 2 is 2.09 bits per heavy atom. The third-order valence-corrected chi connectivity index (χ3v) is 3.89. The fourth-order valence-corrected chi connectivity index (χ4v) is 2.75. The number of aromatic nitrogens is 1. The van der Waals surface area contributed by atoms with Crippen molar-refractivity contribution in [2.75, 3.05) is 13.7 Å². The van der Waals surface area contributed by atoms with Gasteiger partial charge in [-0.05, 0) is 30.7 Å². The number of carbonyl (C=O) groups is 1. The first-order valence-corrected chi connectivity index (χ1v) is 7.61. The lowest BCUT2D eigenvalue weighted by Crippen LogP contribution is -2.24. The summed E-state index contributed by atoms with van der Waals surface area (Å²) in [6, 6.07) is 11.7. The van der Waals surface area contributed by atoms with Gasteiger partial charge >= 0.3 is 0 Å². The Morgan fingerprint density at radius 1 is 1.23 bits per heavy atom. The van der Waals surface area contributed by atoms with Crippen LogP contribution in [0.5, 0.6) is 5.75 Å². The van der Waals surface area contributed by atoms with E-state index in [1.54, 1.807) is 7.11 Å². The Bertz CT molecular complexity index is 820. The maximum atomic E-state index is 12.6. The number of pyridine rings is 1. The first kappa shape index (κ1) is 14.4. The molecule has 2 heterocycles. The molecular formula is C18H20N2O2. The maximum Gasteiger partial charge on any atom is 0.254 e. The number of nitrogens with one attached hydrogen (secondary N) is 1. The lowest BCUT2D eigenvalue weighted by atomic mass is 10.1. The number of ether oxygens (including phenoxy) is 1. The Balaban J connectivity index is 2.16. The van der Waals surface area contributed by atoms with Crippen molar-refractivity contribution in [1.29, 1.82) is 0 Å². The van der Waals surface area contributed by atoms with Crippen molar-refractivity contribution >= 4 is 22.3 Å². The molecule has 0 bridgehead atoms. The SMILES string of the molecule is CCCCNC(=O)c1c2ccc(OC)cc2n2ccccc12. The highest BCUT2D eigenvalue weighted by atomic mass is 16.5. The monoisotopic (exact) mass is 296 g/mol. The second kappa shape index (κ2) is 6.10. The van der Waals surface area contributed by atoms with Crippen LogP contribution in [0.1, 0.15) is 30.1 Å². The molecule has 0 aliphatic rings. The van der Waals surface area contributed by atoms with Crippen LogP contribution < -0.4 is 10.1 Å². The first-order chi connectivity index (χ1) is 10.8. The number of hydrogen-bond acceptors (Lipinski definition) is 2. The van der Waals surface area contributed by atoms with Gasteiger partial charge in [0.15, 0.2) is 0 Å². The first-order valence-electron chi connectivity index (χ1n) is 7.61. The van der Waals surface area contributed by atoms with Gasteiger partial charge in [-0.1, -0.05) is 19.4 Å². The van der Waals surface area contributed by atoms with Gasteiger partial charge in [-0.3, -0.25) is 4.79 Å². The molecule has 3 rings (SSSR count). The molecule has 0 saturated carbocycles. The summed E-state index contributed by atoms with van der Waals surface area (Å²) in [6.07, 6.45) is 4.03. The molecule has 0 aliphatic heterocycles. The highest BCUT2D eigenvalue weighted by Crippen LogP contribution is 2.29. The minimum absolute atomic E-state index is 0.0164. The Morgan fingerprint density at radius 3 is 2.86 bits per heavy atom. The molecule has 3 aromatic rings. The molecular weight excluding hydrogens is 276 g/mol. The molecule has 1 N–H and O–H groups in total. The van der Waals surface area contributed by atoms with Crippen molar-refractivity contribution in [3.63, 3.8) is 0 Å². The summed E-state index contributed by atoms with van der Waals surface area (Å²) in [6.45, 7) is 2.82. The Kier molecular flexibility index (Phi) is 4.00. The van der Waals surface area contributed by atoms with Gasteiger partial charge in [0.25, 0.3) is 5.91 Å². The van der Waals surface area contributed by atoms with Crippen molar-refractivity contribution < 1.29 is 9.53 Å². The molecule has 0 radical (unpaired) electrons. The number of unbranched alkanes of at least 4 members (excludes halogenated alkanes) is 1. The van der Waals surface area contributed by atoms with Crippen LogP contribution in [0, 0.1) is 0 Å². The minimum Gasteiger partial charge on any atom is -0.497 e. The largest absolute Gasteiger partial charge is 0.497 e. The van der Waals surface area contributed by atoms with E-state index in [2.05, 4.69) is 12.2 Å². The zero-order valence-corrected chi connectivity index (χ0v) is 12.9. The van der Waals surface area contributed by atoms with E-state index in [9.17, 15) is 4.79 Å². The number of amides is 1. The van der Waals surface area contributed by atoms with Gasteiger partial charge in [0.1, 0.15) is 5.75 Å². The van der Waals surface area contributed by atoms with Crippen LogP contribution in [0.3, 0.4) is 0 Å². The number of hydrogen-bond donors (Lipinski definition) is 1. The highest BCUT2D eigenvalue weighted by Gasteiger charge is 2.17. The summed E-state index contributed by atoms with van der Waals surface area (Å²) >= 11 is 0. The van der Waals surface area contributed by atoms with Crippen LogP contribution in [-0.4, -0.2) is 24.0 Å². The third kappa shape index (κ3) is 2.41. The molecule has 0 aliphatic carbocycles. The van der Waals surface area contributed by atoms with E-state index < -0.39 is 0 Å². The van der Waals surface area contributed by atoms with Crippen molar-refractivity contribution in [3.8, 4) is 5.75 Å². The van der Waals surface area contributed by atoms with Gasteiger partial charge in [-0.2, -0.15) is 0 Å². The summed E-state index contributed by atoms with van der Waals surface area (Å²) in [5, 5.41) is 3.96. The quantitative estimate of drug-likeness (QED) is 0.731. The highest BCUT2D eigenvalue weighted by molar-refractivity contribution is 6.14. The molecule has 2 aromatic heterocycles. The van der Waals surface area contributed by atoms with E-state index in [1.165, 1.54) is 0 Å². The van der Waals surface area contributed by atoms with E-state index in [4.69, 9.17) is 4.74 Å². The number of rotatable bonds is 5. The van der Waals surface area contributed by atoms with E-state index in [0.29, 0.717) is 6.54 Å². The molecule has 1 amide bonds. The molecule has 0 unspecified atom stereocenters. The van der Waals surface area contributed by atoms with Crippen molar-refractivity contribution in [3.05, 3.63) is 48.2 Å². The van der Waals surface area contributed by atoms with Gasteiger partial charge in [0.05, 0.1) is 23.7 Å². The van der Waals surface area contributed by atoms with Crippen LogP contribution in [0.2, 0.25) is 0 Å². The molecule has 114 valence electrons. The van der Waals surface area contributed by atoms with Crippen LogP contribution in [0.15, 0.2) is 42.6 Å². The summed E-state index contributed by atoms with van der Waals surface area (Å²) < 4.78 is 7.34. The fourth-order valence-electron chi connectivity index (χ4n) is 2.75. The van der Waals surface area contributed by atoms with E-state index >= 15 is 0 Å². The fraction of sp³-hybridized carbons (Fsp3) is 0.278. The van der Waals surface area contributed by atoms with Crippen LogP contribution in [0.4, 0.5) is 0 Å². The lowest BCUT2D eigenvalue weighted by Gasteiger charge is -2.04. The molecule has 0 saturated heterocycles. The van der Waals surface area contributed by atoms with Crippen LogP contribution >= 0.6 is 0 Å². The van der Waals surface area contributed by atoms with Crippen molar-refractivity contribution in [1.82, 2.24) is 9.72 Å². The smallest absolute Gasteiger partial charge is 0.254 e. The van der Waals surface area contributed by atoms with Gasteiger partial charge < -0.3 is 14.5 Å². The van der Waals surface area contributed by atoms with Gasteiger partial charge in [0, 0.05) is 24.2 Å². The average Bonchev–Trinajstić information content (AvgIpc) is 2.88. The number of nitrogens with zero attached hydrogens (tertiary/aromatic N) is 1. The van der Waals surface area contributed by atoms with Crippen LogP contribution in [0.25, 0.3) is 16.4 Å². The summed E-state index contributed by atoms with van der Waals surface area (Å²) in [5.41, 5.74) is 2.63. The van der Waals surface area contributed by atoms with Crippen LogP contribution in [-0.2, 0) is 0 Å². The molecule has 1 aromatic carbocycles. The average molecular weight is 296 g/mol. The topological polar surface area (TPSA) is 42.7 Å². The third-order valence-electron chi connectivity index (χ3n) is 3.89. The number of carbonyl (C=O) groups excluding carboxylic acids is 1. The zero-order chi connectivity index (χ0) is 15.5. The maximum absolute atomic E-state index is 12.6. The molecule has 4 heteroatoms.